The zero-order chi connectivity index (χ0) is 15.5. The van der Waals surface area contributed by atoms with Gasteiger partial charge >= 0.3 is 0 Å². The third-order valence-corrected chi connectivity index (χ3v) is 3.04. The molecule has 0 bridgehead atoms. The second-order valence-electron chi connectivity index (χ2n) is 4.69. The number of hydrogen-bond donors (Lipinski definition) is 1. The van der Waals surface area contributed by atoms with Gasteiger partial charge in [-0.1, -0.05) is 29.8 Å². The lowest BCUT2D eigenvalue weighted by molar-refractivity contribution is 0.288. The number of aliphatic hydroxyl groups is 1. The maximum absolute atomic E-state index is 8.60. The van der Waals surface area contributed by atoms with Crippen molar-refractivity contribution < 1.29 is 14.6 Å². The van der Waals surface area contributed by atoms with Crippen molar-refractivity contribution in [2.75, 3.05) is 20.8 Å². The van der Waals surface area contributed by atoms with Gasteiger partial charge in [-0.2, -0.15) is 0 Å². The summed E-state index contributed by atoms with van der Waals surface area (Å²) in [7, 11) is 3.33. The van der Waals surface area contributed by atoms with Gasteiger partial charge in [-0.25, -0.2) is 0 Å². The second-order valence-corrected chi connectivity index (χ2v) is 4.69. The summed E-state index contributed by atoms with van der Waals surface area (Å²) < 4.78 is 9.99. The number of rotatable bonds is 5. The summed E-state index contributed by atoms with van der Waals surface area (Å²) >= 11 is 0. The van der Waals surface area contributed by atoms with Gasteiger partial charge in [-0.05, 0) is 49.6 Å². The highest BCUT2D eigenvalue weighted by molar-refractivity contribution is 5.27. The van der Waals surface area contributed by atoms with Crippen LogP contribution in [0.4, 0.5) is 0 Å². The monoisotopic (exact) mass is 288 g/mol. The van der Waals surface area contributed by atoms with Gasteiger partial charge in [0.1, 0.15) is 11.5 Å². The molecule has 2 aromatic rings. The maximum Gasteiger partial charge on any atom is 0.118 e. The van der Waals surface area contributed by atoms with Crippen LogP contribution in [0, 0.1) is 6.92 Å². The molecule has 114 valence electrons. The van der Waals surface area contributed by atoms with E-state index < -0.39 is 0 Å². The molecular formula is C18H24O3. The maximum atomic E-state index is 8.60. The van der Waals surface area contributed by atoms with Crippen molar-refractivity contribution in [2.24, 2.45) is 0 Å². The predicted octanol–water partition coefficient (Wildman–Crippen LogP) is 3.62. The average Bonchev–Trinajstić information content (AvgIpc) is 2.55. The Bertz CT molecular complexity index is 489. The Morgan fingerprint density at radius 2 is 1.29 bits per heavy atom. The molecule has 0 atom stereocenters. The predicted molar refractivity (Wildman–Crippen MR) is 86.1 cm³/mol. The molecule has 0 fully saturated rings. The summed E-state index contributed by atoms with van der Waals surface area (Å²) in [4.78, 5) is 0. The van der Waals surface area contributed by atoms with Crippen molar-refractivity contribution in [3.05, 3.63) is 59.7 Å². The highest BCUT2D eigenvalue weighted by Crippen LogP contribution is 2.12. The fourth-order valence-corrected chi connectivity index (χ4v) is 1.75. The molecule has 0 aliphatic heterocycles. The fourth-order valence-electron chi connectivity index (χ4n) is 1.75. The van der Waals surface area contributed by atoms with E-state index in [9.17, 15) is 0 Å². The molecule has 2 rings (SSSR count). The SMILES string of the molecule is COc1ccc(C)cc1.COc1ccc(CCCO)cc1. The van der Waals surface area contributed by atoms with E-state index in [-0.39, 0.29) is 6.61 Å². The van der Waals surface area contributed by atoms with Gasteiger partial charge in [0.05, 0.1) is 14.2 Å². The fraction of sp³-hybridized carbons (Fsp3) is 0.333. The van der Waals surface area contributed by atoms with E-state index in [0.717, 1.165) is 24.3 Å². The first-order valence-electron chi connectivity index (χ1n) is 7.04. The number of aliphatic hydroxyl groups excluding tert-OH is 1. The third kappa shape index (κ3) is 6.82. The lowest BCUT2D eigenvalue weighted by Gasteiger charge is -2.01. The largest absolute Gasteiger partial charge is 0.497 e. The minimum Gasteiger partial charge on any atom is -0.497 e. The van der Waals surface area contributed by atoms with Crippen LogP contribution in [0.3, 0.4) is 0 Å². The summed E-state index contributed by atoms with van der Waals surface area (Å²) in [5, 5.41) is 8.60. The number of benzene rings is 2. The van der Waals surface area contributed by atoms with Crippen molar-refractivity contribution in [2.45, 2.75) is 19.8 Å². The van der Waals surface area contributed by atoms with E-state index in [4.69, 9.17) is 14.6 Å². The summed E-state index contributed by atoms with van der Waals surface area (Å²) in [6, 6.07) is 15.9. The van der Waals surface area contributed by atoms with Crippen molar-refractivity contribution in [3.8, 4) is 11.5 Å². The molecule has 21 heavy (non-hydrogen) atoms. The molecule has 0 heterocycles. The molecule has 3 heteroatoms. The molecule has 0 unspecified atom stereocenters. The van der Waals surface area contributed by atoms with E-state index in [0.29, 0.717) is 0 Å². The van der Waals surface area contributed by atoms with Crippen LogP contribution in [0.5, 0.6) is 11.5 Å². The molecule has 0 radical (unpaired) electrons. The Morgan fingerprint density at radius 3 is 1.71 bits per heavy atom. The van der Waals surface area contributed by atoms with E-state index in [1.165, 1.54) is 11.1 Å². The first kappa shape index (κ1) is 17.1. The van der Waals surface area contributed by atoms with E-state index in [2.05, 4.69) is 6.92 Å². The molecule has 2 aromatic carbocycles. The van der Waals surface area contributed by atoms with Crippen LogP contribution in [0.15, 0.2) is 48.5 Å². The van der Waals surface area contributed by atoms with E-state index >= 15 is 0 Å². The van der Waals surface area contributed by atoms with Crippen LogP contribution in [-0.2, 0) is 6.42 Å². The highest BCUT2D eigenvalue weighted by Gasteiger charge is 1.93. The average molecular weight is 288 g/mol. The zero-order valence-corrected chi connectivity index (χ0v) is 13.0. The van der Waals surface area contributed by atoms with Gasteiger partial charge in [0.25, 0.3) is 0 Å². The first-order valence-corrected chi connectivity index (χ1v) is 7.04. The van der Waals surface area contributed by atoms with Crippen molar-refractivity contribution in [3.63, 3.8) is 0 Å². The molecule has 1 N–H and O–H groups in total. The topological polar surface area (TPSA) is 38.7 Å². The summed E-state index contributed by atoms with van der Waals surface area (Å²) in [5.41, 5.74) is 2.50. The lowest BCUT2D eigenvalue weighted by Crippen LogP contribution is -1.89. The van der Waals surface area contributed by atoms with Crippen LogP contribution in [0.1, 0.15) is 17.5 Å². The summed E-state index contributed by atoms with van der Waals surface area (Å²) in [6.45, 7) is 2.31. The van der Waals surface area contributed by atoms with Crippen LogP contribution < -0.4 is 9.47 Å². The smallest absolute Gasteiger partial charge is 0.118 e. The quantitative estimate of drug-likeness (QED) is 0.913. The molecular weight excluding hydrogens is 264 g/mol. The minimum atomic E-state index is 0.256. The van der Waals surface area contributed by atoms with Crippen molar-refractivity contribution >= 4 is 0 Å². The molecule has 0 saturated heterocycles. The molecule has 3 nitrogen and oxygen atoms in total. The van der Waals surface area contributed by atoms with Crippen LogP contribution in [0.25, 0.3) is 0 Å². The van der Waals surface area contributed by atoms with Gasteiger partial charge in [0, 0.05) is 6.61 Å². The van der Waals surface area contributed by atoms with Crippen molar-refractivity contribution in [1.29, 1.82) is 0 Å². The van der Waals surface area contributed by atoms with Crippen LogP contribution in [-0.4, -0.2) is 25.9 Å². The van der Waals surface area contributed by atoms with Gasteiger partial charge in [-0.15, -0.1) is 0 Å². The molecule has 0 amide bonds. The standard InChI is InChI=1S/C10H14O2.C8H10O/c1-12-10-6-4-9(5-7-10)3-2-8-11;1-7-3-5-8(9-2)6-4-7/h4-7,11H,2-3,8H2,1H3;3-6H,1-2H3. The van der Waals surface area contributed by atoms with Gasteiger partial charge < -0.3 is 14.6 Å². The summed E-state index contributed by atoms with van der Waals surface area (Å²) in [5.74, 6) is 1.79. The van der Waals surface area contributed by atoms with Gasteiger partial charge in [0.15, 0.2) is 0 Å². The van der Waals surface area contributed by atoms with Crippen molar-refractivity contribution in [1.82, 2.24) is 0 Å². The molecule has 0 saturated carbocycles. The van der Waals surface area contributed by atoms with Gasteiger partial charge in [0.2, 0.25) is 0 Å². The lowest BCUT2D eigenvalue weighted by atomic mass is 10.1. The zero-order valence-electron chi connectivity index (χ0n) is 13.0. The molecule has 0 aromatic heterocycles. The molecule has 0 aliphatic carbocycles. The minimum absolute atomic E-state index is 0.256. The Kier molecular flexibility index (Phi) is 7.99. The normalized spacial score (nSPS) is 9.52. The second kappa shape index (κ2) is 9.83. The third-order valence-electron chi connectivity index (χ3n) is 3.04. The molecule has 0 aliphatic rings. The Balaban J connectivity index is 0.000000219. The number of hydrogen-bond acceptors (Lipinski definition) is 3. The van der Waals surface area contributed by atoms with Crippen LogP contribution in [0.2, 0.25) is 0 Å². The first-order chi connectivity index (χ1) is 10.2. The Morgan fingerprint density at radius 1 is 0.810 bits per heavy atom. The number of aryl methyl sites for hydroxylation is 2. The summed E-state index contributed by atoms with van der Waals surface area (Å²) in [6.07, 6.45) is 1.76. The Hall–Kier alpha value is -2.00. The van der Waals surface area contributed by atoms with E-state index in [1.807, 2.05) is 48.5 Å². The number of ether oxygens (including phenoxy) is 2. The highest BCUT2D eigenvalue weighted by atomic mass is 16.5. The Labute approximate surface area is 127 Å². The number of methoxy groups -OCH3 is 2. The molecule has 0 spiro atoms. The van der Waals surface area contributed by atoms with E-state index in [1.54, 1.807) is 14.2 Å². The van der Waals surface area contributed by atoms with Gasteiger partial charge in [-0.3, -0.25) is 0 Å². The van der Waals surface area contributed by atoms with Crippen LogP contribution >= 0.6 is 0 Å².